The van der Waals surface area contributed by atoms with Crippen LogP contribution in [0.3, 0.4) is 0 Å². The number of rotatable bonds is 4. The predicted molar refractivity (Wildman–Crippen MR) is 107 cm³/mol. The van der Waals surface area contributed by atoms with Crippen molar-refractivity contribution < 1.29 is 9.59 Å². The molecule has 2 fully saturated rings. The quantitative estimate of drug-likeness (QED) is 0.819. The first-order valence-corrected chi connectivity index (χ1v) is 10.3. The molecule has 0 saturated carbocycles. The Morgan fingerprint density at radius 2 is 1.68 bits per heavy atom. The van der Waals surface area contributed by atoms with E-state index in [2.05, 4.69) is 17.2 Å². The number of benzene rings is 1. The molecule has 3 heterocycles. The van der Waals surface area contributed by atoms with Crippen LogP contribution in [0, 0.1) is 12.8 Å². The lowest BCUT2D eigenvalue weighted by molar-refractivity contribution is -0.135. The van der Waals surface area contributed by atoms with Gasteiger partial charge in [-0.15, -0.1) is 0 Å². The predicted octanol–water partition coefficient (Wildman–Crippen LogP) is 2.71. The van der Waals surface area contributed by atoms with E-state index in [1.807, 2.05) is 39.6 Å². The molecule has 1 aromatic carbocycles. The molecule has 6 heteroatoms. The number of carbonyl (C=O) groups is 2. The Labute approximate surface area is 166 Å². The second kappa shape index (κ2) is 8.17. The minimum atomic E-state index is 0.0314. The molecule has 2 aromatic rings. The van der Waals surface area contributed by atoms with Crippen LogP contribution in [0.1, 0.15) is 47.3 Å². The zero-order chi connectivity index (χ0) is 19.5. The maximum absolute atomic E-state index is 13.0. The van der Waals surface area contributed by atoms with Crippen LogP contribution in [0.4, 0.5) is 0 Å². The lowest BCUT2D eigenvalue weighted by atomic mass is 9.95. The van der Waals surface area contributed by atoms with Crippen LogP contribution in [-0.4, -0.2) is 57.6 Å². The first-order valence-electron chi connectivity index (χ1n) is 10.3. The summed E-state index contributed by atoms with van der Waals surface area (Å²) in [7, 11) is 0. The van der Waals surface area contributed by atoms with Gasteiger partial charge in [-0.25, -0.2) is 0 Å². The van der Waals surface area contributed by atoms with Crippen molar-refractivity contribution >= 4 is 11.8 Å². The van der Waals surface area contributed by atoms with Crippen molar-refractivity contribution in [3.05, 3.63) is 53.3 Å². The first kappa shape index (κ1) is 18.7. The highest BCUT2D eigenvalue weighted by Crippen LogP contribution is 2.24. The molecule has 0 spiro atoms. The van der Waals surface area contributed by atoms with Crippen LogP contribution in [0.2, 0.25) is 0 Å². The third-order valence-corrected chi connectivity index (χ3v) is 6.06. The van der Waals surface area contributed by atoms with Gasteiger partial charge in [0.05, 0.1) is 18.3 Å². The Balaban J connectivity index is 1.37. The second-order valence-corrected chi connectivity index (χ2v) is 7.89. The molecular formula is C22H28N4O2. The van der Waals surface area contributed by atoms with Crippen molar-refractivity contribution in [1.29, 1.82) is 0 Å². The normalized spacial score (nSPS) is 17.9. The second-order valence-electron chi connectivity index (χ2n) is 7.89. The van der Waals surface area contributed by atoms with E-state index < -0.39 is 0 Å². The van der Waals surface area contributed by atoms with Crippen molar-refractivity contribution in [3.63, 3.8) is 0 Å². The van der Waals surface area contributed by atoms with Gasteiger partial charge in [0.2, 0.25) is 5.91 Å². The number of hydrogen-bond donors (Lipinski definition) is 0. The van der Waals surface area contributed by atoms with Crippen LogP contribution in [-0.2, 0) is 11.3 Å². The standard InChI is InChI=1S/C22H28N4O2/c1-17-20(15-23-26(17)16-18-7-3-2-4-8-18)22(28)25-13-9-19(10-14-25)21(27)24-11-5-6-12-24/h2-4,7-8,15,19H,5-6,9-14,16H2,1H3. The van der Waals surface area contributed by atoms with E-state index in [4.69, 9.17) is 0 Å². The van der Waals surface area contributed by atoms with E-state index in [1.165, 1.54) is 0 Å². The van der Waals surface area contributed by atoms with Crippen molar-refractivity contribution in [2.45, 2.75) is 39.2 Å². The first-order chi connectivity index (χ1) is 13.6. The third kappa shape index (κ3) is 3.81. The molecule has 0 atom stereocenters. The van der Waals surface area contributed by atoms with Crippen LogP contribution in [0.5, 0.6) is 0 Å². The zero-order valence-corrected chi connectivity index (χ0v) is 16.5. The number of amides is 2. The fourth-order valence-corrected chi connectivity index (χ4v) is 4.27. The molecule has 1 aromatic heterocycles. The molecule has 0 unspecified atom stereocenters. The van der Waals surface area contributed by atoms with Crippen LogP contribution < -0.4 is 0 Å². The number of carbonyl (C=O) groups excluding carboxylic acids is 2. The number of piperidine rings is 1. The maximum Gasteiger partial charge on any atom is 0.257 e. The van der Waals surface area contributed by atoms with Gasteiger partial charge in [0, 0.05) is 37.8 Å². The molecule has 0 aliphatic carbocycles. The van der Waals surface area contributed by atoms with Gasteiger partial charge in [-0.2, -0.15) is 5.10 Å². The van der Waals surface area contributed by atoms with E-state index in [9.17, 15) is 9.59 Å². The van der Waals surface area contributed by atoms with Crippen molar-refractivity contribution in [2.24, 2.45) is 5.92 Å². The largest absolute Gasteiger partial charge is 0.342 e. The summed E-state index contributed by atoms with van der Waals surface area (Å²) in [5, 5.41) is 4.43. The summed E-state index contributed by atoms with van der Waals surface area (Å²) in [4.78, 5) is 29.5. The SMILES string of the molecule is Cc1c(C(=O)N2CCC(C(=O)N3CCCC3)CC2)cnn1Cc1ccccc1. The van der Waals surface area contributed by atoms with Crippen molar-refractivity contribution in [1.82, 2.24) is 19.6 Å². The Morgan fingerprint density at radius 3 is 2.36 bits per heavy atom. The zero-order valence-electron chi connectivity index (χ0n) is 16.5. The lowest BCUT2D eigenvalue weighted by Gasteiger charge is -2.33. The van der Waals surface area contributed by atoms with Crippen molar-refractivity contribution in [2.75, 3.05) is 26.2 Å². The Morgan fingerprint density at radius 1 is 1.00 bits per heavy atom. The summed E-state index contributed by atoms with van der Waals surface area (Å²) in [6.07, 6.45) is 5.45. The van der Waals surface area contributed by atoms with Gasteiger partial charge in [0.25, 0.3) is 5.91 Å². The molecule has 4 rings (SSSR count). The fraction of sp³-hybridized carbons (Fsp3) is 0.500. The van der Waals surface area contributed by atoms with Gasteiger partial charge in [0.1, 0.15) is 0 Å². The van der Waals surface area contributed by atoms with E-state index in [-0.39, 0.29) is 17.7 Å². The summed E-state index contributed by atoms with van der Waals surface area (Å²) in [5.74, 6) is 0.393. The molecule has 6 nitrogen and oxygen atoms in total. The molecule has 0 bridgehead atoms. The number of hydrogen-bond acceptors (Lipinski definition) is 3. The molecule has 2 saturated heterocycles. The minimum absolute atomic E-state index is 0.0314. The van der Waals surface area contributed by atoms with Gasteiger partial charge in [-0.05, 0) is 38.2 Å². The van der Waals surface area contributed by atoms with Crippen molar-refractivity contribution in [3.8, 4) is 0 Å². The molecule has 2 aliphatic heterocycles. The van der Waals surface area contributed by atoms with E-state index in [0.29, 0.717) is 25.2 Å². The van der Waals surface area contributed by atoms with Crippen LogP contribution >= 0.6 is 0 Å². The van der Waals surface area contributed by atoms with Gasteiger partial charge in [-0.3, -0.25) is 14.3 Å². The summed E-state index contributed by atoms with van der Waals surface area (Å²) >= 11 is 0. The molecule has 2 aliphatic rings. The average molecular weight is 380 g/mol. The molecule has 2 amide bonds. The van der Waals surface area contributed by atoms with Gasteiger partial charge < -0.3 is 9.80 Å². The van der Waals surface area contributed by atoms with E-state index in [0.717, 1.165) is 50.0 Å². The summed E-state index contributed by atoms with van der Waals surface area (Å²) in [6, 6.07) is 10.1. The highest BCUT2D eigenvalue weighted by Gasteiger charge is 2.32. The summed E-state index contributed by atoms with van der Waals surface area (Å²) < 4.78 is 1.88. The number of aromatic nitrogens is 2. The van der Waals surface area contributed by atoms with Crippen LogP contribution in [0.25, 0.3) is 0 Å². The molecule has 28 heavy (non-hydrogen) atoms. The topological polar surface area (TPSA) is 58.4 Å². The number of likely N-dealkylation sites (tertiary alicyclic amines) is 2. The monoisotopic (exact) mass is 380 g/mol. The Bertz CT molecular complexity index is 831. The summed E-state index contributed by atoms with van der Waals surface area (Å²) in [5.41, 5.74) is 2.72. The Hall–Kier alpha value is -2.63. The molecule has 148 valence electrons. The van der Waals surface area contributed by atoms with Gasteiger partial charge in [-0.1, -0.05) is 30.3 Å². The van der Waals surface area contributed by atoms with E-state index >= 15 is 0 Å². The average Bonchev–Trinajstić information content (AvgIpc) is 3.39. The molecule has 0 N–H and O–H groups in total. The van der Waals surface area contributed by atoms with E-state index in [1.54, 1.807) is 6.20 Å². The molecule has 0 radical (unpaired) electrons. The maximum atomic E-state index is 13.0. The number of nitrogens with zero attached hydrogens (tertiary/aromatic N) is 4. The highest BCUT2D eigenvalue weighted by molar-refractivity contribution is 5.95. The lowest BCUT2D eigenvalue weighted by Crippen LogP contribution is -2.43. The fourth-order valence-electron chi connectivity index (χ4n) is 4.27. The van der Waals surface area contributed by atoms with Gasteiger partial charge >= 0.3 is 0 Å². The smallest absolute Gasteiger partial charge is 0.257 e. The minimum Gasteiger partial charge on any atom is -0.342 e. The highest BCUT2D eigenvalue weighted by atomic mass is 16.2. The van der Waals surface area contributed by atoms with Crippen LogP contribution in [0.15, 0.2) is 36.5 Å². The summed E-state index contributed by atoms with van der Waals surface area (Å²) in [6.45, 7) is 5.70. The Kier molecular flexibility index (Phi) is 5.46. The third-order valence-electron chi connectivity index (χ3n) is 6.06. The van der Waals surface area contributed by atoms with Gasteiger partial charge in [0.15, 0.2) is 0 Å². The molecular weight excluding hydrogens is 352 g/mol.